The van der Waals surface area contributed by atoms with Crippen molar-refractivity contribution in [1.29, 1.82) is 0 Å². The second-order valence-corrected chi connectivity index (χ2v) is 7.32. The molecule has 0 radical (unpaired) electrons. The van der Waals surface area contributed by atoms with E-state index < -0.39 is 7.65 Å². The third-order valence-electron chi connectivity index (χ3n) is 4.53. The lowest BCUT2D eigenvalue weighted by atomic mass is 9.81. The lowest BCUT2D eigenvalue weighted by Gasteiger charge is -2.34. The van der Waals surface area contributed by atoms with Gasteiger partial charge in [0.05, 0.1) is 5.60 Å². The molecule has 0 N–H and O–H groups in total. The van der Waals surface area contributed by atoms with Crippen LogP contribution in [0.4, 0.5) is 0 Å². The fourth-order valence-electron chi connectivity index (χ4n) is 3.64. The molecule has 0 aromatic heterocycles. The molecule has 2 saturated heterocycles. The van der Waals surface area contributed by atoms with Crippen molar-refractivity contribution in [2.24, 2.45) is 5.92 Å². The van der Waals surface area contributed by atoms with E-state index in [1.165, 1.54) is 38.5 Å². The van der Waals surface area contributed by atoms with E-state index in [1.54, 1.807) is 0 Å². The summed E-state index contributed by atoms with van der Waals surface area (Å²) in [6, 6.07) is 0.615. The smallest absolute Gasteiger partial charge is 0.207 e. The van der Waals surface area contributed by atoms with Gasteiger partial charge >= 0.3 is 0 Å². The number of hydrogen-bond acceptors (Lipinski definition) is 2. The quantitative estimate of drug-likeness (QED) is 0.652. The fourth-order valence-corrected chi connectivity index (χ4v) is 6.20. The van der Waals surface area contributed by atoms with Crippen LogP contribution in [0, 0.1) is 5.92 Å². The van der Waals surface area contributed by atoms with Gasteiger partial charge in [0.1, 0.15) is 0 Å². The summed E-state index contributed by atoms with van der Waals surface area (Å²) >= 11 is 6.34. The largest absolute Gasteiger partial charge is 0.323 e. The van der Waals surface area contributed by atoms with Crippen molar-refractivity contribution >= 4 is 18.9 Å². The molecule has 3 rings (SSSR count). The van der Waals surface area contributed by atoms with Crippen molar-refractivity contribution in [1.82, 2.24) is 4.67 Å². The first-order chi connectivity index (χ1) is 7.22. The predicted molar refractivity (Wildman–Crippen MR) is 63.9 cm³/mol. The van der Waals surface area contributed by atoms with E-state index in [0.29, 0.717) is 6.04 Å². The van der Waals surface area contributed by atoms with Crippen LogP contribution >= 0.6 is 18.9 Å². The number of fused-ring (bicyclic) bond motifs is 1. The highest BCUT2D eigenvalue weighted by Crippen LogP contribution is 2.64. The average Bonchev–Trinajstić information content (AvgIpc) is 2.90. The van der Waals surface area contributed by atoms with Gasteiger partial charge in [-0.1, -0.05) is 12.8 Å². The molecule has 2 aliphatic heterocycles. The fraction of sp³-hybridized carbons (Fsp3) is 1.00. The summed E-state index contributed by atoms with van der Waals surface area (Å²) in [5, 5.41) is 0. The molecule has 15 heavy (non-hydrogen) atoms. The number of nitrogens with zero attached hydrogens (tertiary/aromatic N) is 1. The topological polar surface area (TPSA) is 12.5 Å². The first-order valence-electron chi connectivity index (χ1n) is 6.13. The van der Waals surface area contributed by atoms with E-state index in [2.05, 4.69) is 11.6 Å². The lowest BCUT2D eigenvalue weighted by molar-refractivity contribution is 0.0281. The van der Waals surface area contributed by atoms with Crippen LogP contribution in [0.25, 0.3) is 0 Å². The second-order valence-electron chi connectivity index (χ2n) is 5.30. The summed E-state index contributed by atoms with van der Waals surface area (Å²) in [4.78, 5) is 0. The maximum absolute atomic E-state index is 6.34. The van der Waals surface area contributed by atoms with Crippen LogP contribution in [0.3, 0.4) is 0 Å². The van der Waals surface area contributed by atoms with E-state index in [1.807, 2.05) is 0 Å². The summed E-state index contributed by atoms with van der Waals surface area (Å²) in [6.45, 7) is 3.47. The van der Waals surface area contributed by atoms with Gasteiger partial charge in [-0.3, -0.25) is 0 Å². The Balaban J connectivity index is 1.84. The third kappa shape index (κ3) is 1.57. The summed E-state index contributed by atoms with van der Waals surface area (Å²) in [6.07, 6.45) is 8.06. The molecule has 4 heteroatoms. The number of hydrogen-bond donors (Lipinski definition) is 0. The highest BCUT2D eigenvalue weighted by Gasteiger charge is 2.56. The maximum Gasteiger partial charge on any atom is 0.207 e. The van der Waals surface area contributed by atoms with Crippen LogP contribution in [-0.2, 0) is 4.52 Å². The molecule has 2 heterocycles. The van der Waals surface area contributed by atoms with E-state index in [4.69, 9.17) is 15.8 Å². The molecule has 0 aromatic rings. The van der Waals surface area contributed by atoms with Crippen molar-refractivity contribution < 1.29 is 4.52 Å². The zero-order valence-corrected chi connectivity index (χ0v) is 10.9. The van der Waals surface area contributed by atoms with Gasteiger partial charge in [0.15, 0.2) is 0 Å². The van der Waals surface area contributed by atoms with E-state index in [-0.39, 0.29) is 5.60 Å². The molecule has 3 aliphatic rings. The normalized spacial score (nSPS) is 47.6. The van der Waals surface area contributed by atoms with Gasteiger partial charge in [-0.05, 0) is 49.8 Å². The molecule has 3 atom stereocenters. The standard InChI is InChI=1S/C11H19ClNOP/c1-11(9-5-2-3-6-9)10-7-4-8-13(10)15(12)14-11/h9-10H,2-8H2,1H3/t10-,11+,15?/m1/s1. The number of rotatable bonds is 1. The Morgan fingerprint density at radius 3 is 2.73 bits per heavy atom. The van der Waals surface area contributed by atoms with Crippen LogP contribution in [0.15, 0.2) is 0 Å². The lowest BCUT2D eigenvalue weighted by Crippen LogP contribution is -2.44. The van der Waals surface area contributed by atoms with Crippen molar-refractivity contribution in [2.75, 3.05) is 6.54 Å². The highest BCUT2D eigenvalue weighted by atomic mass is 35.7. The minimum absolute atomic E-state index is 0.0699. The predicted octanol–water partition coefficient (Wildman–Crippen LogP) is 3.90. The maximum atomic E-state index is 6.34. The van der Waals surface area contributed by atoms with Gasteiger partial charge < -0.3 is 4.52 Å². The van der Waals surface area contributed by atoms with Crippen molar-refractivity contribution in [2.45, 2.75) is 57.1 Å². The van der Waals surface area contributed by atoms with Gasteiger partial charge in [-0.15, -0.1) is 0 Å². The molecule has 0 aromatic carbocycles. The van der Waals surface area contributed by atoms with E-state index in [0.717, 1.165) is 12.5 Å². The van der Waals surface area contributed by atoms with Gasteiger partial charge in [0, 0.05) is 12.6 Å². The van der Waals surface area contributed by atoms with Gasteiger partial charge in [-0.2, -0.15) is 0 Å². The van der Waals surface area contributed by atoms with E-state index >= 15 is 0 Å². The molecule has 86 valence electrons. The van der Waals surface area contributed by atoms with Crippen molar-refractivity contribution in [3.8, 4) is 0 Å². The van der Waals surface area contributed by atoms with Gasteiger partial charge in [0.2, 0.25) is 7.65 Å². The van der Waals surface area contributed by atoms with Gasteiger partial charge in [0.25, 0.3) is 0 Å². The molecule has 2 nitrogen and oxygen atoms in total. The summed E-state index contributed by atoms with van der Waals surface area (Å²) in [7, 11) is -0.804. The molecule has 1 saturated carbocycles. The Morgan fingerprint density at radius 1 is 1.27 bits per heavy atom. The highest BCUT2D eigenvalue weighted by molar-refractivity contribution is 7.78. The molecule has 3 fully saturated rings. The molecule has 1 aliphatic carbocycles. The van der Waals surface area contributed by atoms with Crippen molar-refractivity contribution in [3.63, 3.8) is 0 Å². The van der Waals surface area contributed by atoms with Crippen LogP contribution < -0.4 is 0 Å². The molecule has 0 amide bonds. The SMILES string of the molecule is C[C@@]1(C2CCCC2)OP(Cl)N2CCC[C@@H]21. The average molecular weight is 248 g/mol. The Hall–Kier alpha value is 0.640. The second kappa shape index (κ2) is 3.84. The summed E-state index contributed by atoms with van der Waals surface area (Å²) < 4.78 is 8.58. The zero-order valence-electron chi connectivity index (χ0n) is 9.29. The van der Waals surface area contributed by atoms with Gasteiger partial charge in [-0.25, -0.2) is 4.67 Å². The molecule has 0 spiro atoms. The molecule has 0 bridgehead atoms. The molecule has 1 unspecified atom stereocenters. The first-order valence-corrected chi connectivity index (χ1v) is 8.25. The Morgan fingerprint density at radius 2 is 2.00 bits per heavy atom. The minimum atomic E-state index is -0.804. The van der Waals surface area contributed by atoms with Crippen LogP contribution in [0.5, 0.6) is 0 Å². The Bertz CT molecular complexity index is 259. The van der Waals surface area contributed by atoms with Crippen molar-refractivity contribution in [3.05, 3.63) is 0 Å². The summed E-state index contributed by atoms with van der Waals surface area (Å²) in [5.74, 6) is 0.759. The minimum Gasteiger partial charge on any atom is -0.323 e. The zero-order chi connectivity index (χ0) is 10.5. The van der Waals surface area contributed by atoms with Crippen LogP contribution in [0.1, 0.15) is 45.4 Å². The van der Waals surface area contributed by atoms with Crippen LogP contribution in [0.2, 0.25) is 0 Å². The molecular weight excluding hydrogens is 229 g/mol. The Kier molecular flexibility index (Phi) is 2.76. The van der Waals surface area contributed by atoms with Crippen LogP contribution in [-0.4, -0.2) is 22.9 Å². The summed E-state index contributed by atoms with van der Waals surface area (Å²) in [5.41, 5.74) is 0.0699. The Labute approximate surface area is 98.0 Å². The van der Waals surface area contributed by atoms with E-state index in [9.17, 15) is 0 Å². The third-order valence-corrected chi connectivity index (χ3v) is 6.74. The first kappa shape index (κ1) is 10.8. The number of halogens is 1. The molecular formula is C11H19ClNOP. The monoisotopic (exact) mass is 247 g/mol.